The highest BCUT2D eigenvalue weighted by molar-refractivity contribution is 5.70. The summed E-state index contributed by atoms with van der Waals surface area (Å²) in [5.41, 5.74) is 0. The molecule has 2 heterocycles. The molecule has 0 saturated heterocycles. The van der Waals surface area contributed by atoms with Crippen LogP contribution in [0.25, 0.3) is 0 Å². The molecule has 8 nitrogen and oxygen atoms in total. The van der Waals surface area contributed by atoms with Crippen LogP contribution in [-0.4, -0.2) is 59.1 Å². The van der Waals surface area contributed by atoms with Crippen LogP contribution in [0.3, 0.4) is 0 Å². The van der Waals surface area contributed by atoms with Crippen LogP contribution in [0.4, 0.5) is 9.59 Å². The smallest absolute Gasteiger partial charge is 0.409 e. The van der Waals surface area contributed by atoms with E-state index in [1.54, 1.807) is 60.6 Å². The molecule has 2 aromatic heterocycles. The lowest BCUT2D eigenvalue weighted by atomic mass is 10.2. The first-order valence-corrected chi connectivity index (χ1v) is 9.22. The Morgan fingerprint density at radius 3 is 1.57 bits per heavy atom. The molecule has 8 heteroatoms. The molecule has 0 fully saturated rings. The highest BCUT2D eigenvalue weighted by atomic mass is 16.6. The number of unbranched alkanes of at least 4 members (excludes halogenated alkanes) is 3. The van der Waals surface area contributed by atoms with Gasteiger partial charge in [0.05, 0.1) is 12.4 Å². The van der Waals surface area contributed by atoms with Crippen LogP contribution in [0, 0.1) is 0 Å². The number of ether oxygens (including phenoxy) is 2. The quantitative estimate of drug-likeness (QED) is 0.612. The second kappa shape index (κ2) is 11.5. The summed E-state index contributed by atoms with van der Waals surface area (Å²) in [6.45, 7) is 1.22. The SMILES string of the molecule is CN(CCCCCCN(C)C(=O)Oc1cccnc1)C(=O)Oc1cccnc1. The molecule has 2 amide bonds. The Hall–Kier alpha value is -3.16. The molecule has 28 heavy (non-hydrogen) atoms. The fourth-order valence-electron chi connectivity index (χ4n) is 2.41. The van der Waals surface area contributed by atoms with Crippen LogP contribution in [0.2, 0.25) is 0 Å². The highest BCUT2D eigenvalue weighted by Crippen LogP contribution is 2.10. The monoisotopic (exact) mass is 386 g/mol. The first kappa shape index (κ1) is 21.1. The number of hydrogen-bond donors (Lipinski definition) is 0. The lowest BCUT2D eigenvalue weighted by Crippen LogP contribution is -2.31. The maximum Gasteiger partial charge on any atom is 0.415 e. The van der Waals surface area contributed by atoms with E-state index in [9.17, 15) is 9.59 Å². The largest absolute Gasteiger partial charge is 0.415 e. The first-order chi connectivity index (χ1) is 13.6. The average Bonchev–Trinajstić information content (AvgIpc) is 2.71. The van der Waals surface area contributed by atoms with Crippen LogP contribution in [0.15, 0.2) is 49.1 Å². The van der Waals surface area contributed by atoms with Gasteiger partial charge in [0.2, 0.25) is 0 Å². The number of aromatic nitrogens is 2. The molecule has 0 atom stereocenters. The van der Waals surface area contributed by atoms with Gasteiger partial charge in [-0.15, -0.1) is 0 Å². The summed E-state index contributed by atoms with van der Waals surface area (Å²) < 4.78 is 10.4. The number of amides is 2. The molecule has 0 radical (unpaired) electrons. The van der Waals surface area contributed by atoms with E-state index in [0.29, 0.717) is 24.6 Å². The zero-order valence-corrected chi connectivity index (χ0v) is 16.3. The van der Waals surface area contributed by atoms with Gasteiger partial charge < -0.3 is 19.3 Å². The van der Waals surface area contributed by atoms with Gasteiger partial charge in [-0.2, -0.15) is 0 Å². The Morgan fingerprint density at radius 1 is 0.786 bits per heavy atom. The zero-order chi connectivity index (χ0) is 20.2. The third kappa shape index (κ3) is 7.61. The number of pyridine rings is 2. The van der Waals surface area contributed by atoms with Crippen molar-refractivity contribution in [2.75, 3.05) is 27.2 Å². The fourth-order valence-corrected chi connectivity index (χ4v) is 2.41. The van der Waals surface area contributed by atoms with E-state index in [1.165, 1.54) is 12.4 Å². The molecule has 2 rings (SSSR count). The lowest BCUT2D eigenvalue weighted by Gasteiger charge is -2.17. The summed E-state index contributed by atoms with van der Waals surface area (Å²) in [5, 5.41) is 0. The molecule has 0 N–H and O–H groups in total. The average molecular weight is 386 g/mol. The number of carbonyl (C=O) groups is 2. The Balaban J connectivity index is 1.54. The van der Waals surface area contributed by atoms with Crippen molar-refractivity contribution in [1.29, 1.82) is 0 Å². The van der Waals surface area contributed by atoms with Crippen LogP contribution in [-0.2, 0) is 0 Å². The Kier molecular flexibility index (Phi) is 8.71. The molecule has 2 aromatic rings. The molecule has 0 aliphatic carbocycles. The fraction of sp³-hybridized carbons (Fsp3) is 0.400. The van der Waals surface area contributed by atoms with Gasteiger partial charge in [-0.3, -0.25) is 9.97 Å². The van der Waals surface area contributed by atoms with Gasteiger partial charge in [-0.25, -0.2) is 9.59 Å². The summed E-state index contributed by atoms with van der Waals surface area (Å²) in [4.78, 5) is 34.8. The predicted molar refractivity (Wildman–Crippen MR) is 104 cm³/mol. The third-order valence-electron chi connectivity index (χ3n) is 4.04. The summed E-state index contributed by atoms with van der Waals surface area (Å²) >= 11 is 0. The predicted octanol–water partition coefficient (Wildman–Crippen LogP) is 3.60. The molecule has 0 spiro atoms. The van der Waals surface area contributed by atoms with Crippen molar-refractivity contribution in [1.82, 2.24) is 19.8 Å². The number of nitrogens with zero attached hydrogens (tertiary/aromatic N) is 4. The maximum absolute atomic E-state index is 12.0. The minimum absolute atomic E-state index is 0.397. The normalized spacial score (nSPS) is 10.2. The summed E-state index contributed by atoms with van der Waals surface area (Å²) in [5.74, 6) is 0.862. The first-order valence-electron chi connectivity index (χ1n) is 9.22. The van der Waals surface area contributed by atoms with Crippen molar-refractivity contribution in [3.05, 3.63) is 49.1 Å². The summed E-state index contributed by atoms with van der Waals surface area (Å²) in [7, 11) is 3.42. The molecular weight excluding hydrogens is 360 g/mol. The molecule has 0 aliphatic heterocycles. The topological polar surface area (TPSA) is 84.9 Å². The van der Waals surface area contributed by atoms with Gasteiger partial charge in [0.1, 0.15) is 0 Å². The van der Waals surface area contributed by atoms with Crippen molar-refractivity contribution in [3.63, 3.8) is 0 Å². The third-order valence-corrected chi connectivity index (χ3v) is 4.04. The number of rotatable bonds is 9. The van der Waals surface area contributed by atoms with Crippen LogP contribution >= 0.6 is 0 Å². The van der Waals surface area contributed by atoms with Crippen molar-refractivity contribution >= 4 is 12.2 Å². The zero-order valence-electron chi connectivity index (χ0n) is 16.3. The molecule has 0 aromatic carbocycles. The molecular formula is C20H26N4O4. The van der Waals surface area contributed by atoms with E-state index in [1.807, 2.05) is 0 Å². The minimum atomic E-state index is -0.397. The molecule has 150 valence electrons. The molecule has 0 bridgehead atoms. The van der Waals surface area contributed by atoms with E-state index in [4.69, 9.17) is 9.47 Å². The molecule has 0 unspecified atom stereocenters. The summed E-state index contributed by atoms with van der Waals surface area (Å²) in [6, 6.07) is 6.81. The van der Waals surface area contributed by atoms with Gasteiger partial charge >= 0.3 is 12.2 Å². The number of carbonyl (C=O) groups excluding carboxylic acids is 2. The Bertz CT molecular complexity index is 664. The van der Waals surface area contributed by atoms with E-state index < -0.39 is 12.2 Å². The van der Waals surface area contributed by atoms with Crippen LogP contribution in [0.5, 0.6) is 11.5 Å². The van der Waals surface area contributed by atoms with Crippen LogP contribution in [0.1, 0.15) is 25.7 Å². The second-order valence-corrected chi connectivity index (χ2v) is 6.37. The van der Waals surface area contributed by atoms with Gasteiger partial charge in [-0.05, 0) is 37.1 Å². The van der Waals surface area contributed by atoms with E-state index >= 15 is 0 Å². The van der Waals surface area contributed by atoms with E-state index in [2.05, 4.69) is 9.97 Å². The van der Waals surface area contributed by atoms with Crippen molar-refractivity contribution in [2.45, 2.75) is 25.7 Å². The van der Waals surface area contributed by atoms with Crippen LogP contribution < -0.4 is 9.47 Å². The van der Waals surface area contributed by atoms with Gasteiger partial charge in [0, 0.05) is 39.6 Å². The van der Waals surface area contributed by atoms with Crippen molar-refractivity contribution in [2.24, 2.45) is 0 Å². The maximum atomic E-state index is 12.0. The highest BCUT2D eigenvalue weighted by Gasteiger charge is 2.12. The Morgan fingerprint density at radius 2 is 1.21 bits per heavy atom. The van der Waals surface area contributed by atoms with Gasteiger partial charge in [0.15, 0.2) is 11.5 Å². The second-order valence-electron chi connectivity index (χ2n) is 6.37. The molecule has 0 aliphatic rings. The van der Waals surface area contributed by atoms with E-state index in [-0.39, 0.29) is 0 Å². The number of hydrogen-bond acceptors (Lipinski definition) is 6. The van der Waals surface area contributed by atoms with Crippen molar-refractivity contribution in [3.8, 4) is 11.5 Å². The standard InChI is InChI=1S/C20H26N4O4/c1-23(19(25)27-17-9-7-11-21-15-17)13-5-3-4-6-14-24(2)20(26)28-18-10-8-12-22-16-18/h7-12,15-16H,3-6,13-14H2,1-2H3. The lowest BCUT2D eigenvalue weighted by molar-refractivity contribution is 0.159. The Labute approximate surface area is 165 Å². The minimum Gasteiger partial charge on any atom is -0.409 e. The van der Waals surface area contributed by atoms with E-state index in [0.717, 1.165) is 25.7 Å². The van der Waals surface area contributed by atoms with Gasteiger partial charge in [0.25, 0.3) is 0 Å². The summed E-state index contributed by atoms with van der Waals surface area (Å²) in [6.07, 6.45) is 9.09. The molecule has 0 saturated carbocycles. The van der Waals surface area contributed by atoms with Gasteiger partial charge in [-0.1, -0.05) is 12.8 Å². The van der Waals surface area contributed by atoms with Crippen molar-refractivity contribution < 1.29 is 19.1 Å².